The first-order valence-corrected chi connectivity index (χ1v) is 9.44. The number of hydrogen-bond donors (Lipinski definition) is 1. The number of phenolic OH excluding ortho intramolecular Hbond substituents is 1. The van der Waals surface area contributed by atoms with Gasteiger partial charge < -0.3 is 19.3 Å². The highest BCUT2D eigenvalue weighted by atomic mass is 16.5. The molecule has 0 spiro atoms. The van der Waals surface area contributed by atoms with Crippen LogP contribution in [0.1, 0.15) is 24.3 Å². The van der Waals surface area contributed by atoms with E-state index in [9.17, 15) is 5.11 Å². The summed E-state index contributed by atoms with van der Waals surface area (Å²) < 4.78 is 11.1. The lowest BCUT2D eigenvalue weighted by atomic mass is 10.1. The summed E-state index contributed by atoms with van der Waals surface area (Å²) in [6, 6.07) is 9.05. The minimum atomic E-state index is -0.0418. The molecule has 0 aliphatic carbocycles. The van der Waals surface area contributed by atoms with E-state index in [4.69, 9.17) is 14.2 Å². The molecule has 0 saturated carbocycles. The molecule has 4 rings (SSSR count). The topological polar surface area (TPSA) is 97.4 Å². The summed E-state index contributed by atoms with van der Waals surface area (Å²) >= 11 is 0. The van der Waals surface area contributed by atoms with Crippen LogP contribution < -0.4 is 4.90 Å². The van der Waals surface area contributed by atoms with E-state index < -0.39 is 0 Å². The molecule has 1 fully saturated rings. The third kappa shape index (κ3) is 3.96. The zero-order valence-electron chi connectivity index (χ0n) is 16.0. The normalized spacial score (nSPS) is 17.1. The molecule has 1 aliphatic heterocycles. The molecule has 0 radical (unpaired) electrons. The van der Waals surface area contributed by atoms with Gasteiger partial charge in [0.2, 0.25) is 5.89 Å². The number of aromatic nitrogens is 4. The molecule has 0 bridgehead atoms. The number of phenols is 1. The maximum Gasteiger partial charge on any atom is 0.226 e. The van der Waals surface area contributed by atoms with Crippen molar-refractivity contribution in [3.8, 4) is 17.1 Å². The quantitative estimate of drug-likeness (QED) is 0.720. The SMILES string of the molecule is CCc1nc(C[C@@H]2CN(c3cc(C)nc(-c4ccccc4O)n3)CCO2)no1. The zero-order chi connectivity index (χ0) is 19.5. The predicted molar refractivity (Wildman–Crippen MR) is 103 cm³/mol. The molecule has 8 nitrogen and oxygen atoms in total. The molecule has 1 aromatic carbocycles. The van der Waals surface area contributed by atoms with Gasteiger partial charge >= 0.3 is 0 Å². The number of hydrogen-bond acceptors (Lipinski definition) is 8. The van der Waals surface area contributed by atoms with E-state index in [1.54, 1.807) is 12.1 Å². The Kier molecular flexibility index (Phi) is 5.21. The Morgan fingerprint density at radius 2 is 2.07 bits per heavy atom. The molecule has 146 valence electrons. The molecule has 0 amide bonds. The van der Waals surface area contributed by atoms with Crippen molar-refractivity contribution in [2.45, 2.75) is 32.8 Å². The van der Waals surface area contributed by atoms with Crippen molar-refractivity contribution in [1.82, 2.24) is 20.1 Å². The molecule has 28 heavy (non-hydrogen) atoms. The maximum absolute atomic E-state index is 10.1. The van der Waals surface area contributed by atoms with Crippen LogP contribution in [0.2, 0.25) is 0 Å². The maximum atomic E-state index is 10.1. The van der Waals surface area contributed by atoms with E-state index in [1.807, 2.05) is 32.0 Å². The minimum absolute atomic E-state index is 0.0418. The van der Waals surface area contributed by atoms with Crippen LogP contribution in [0.15, 0.2) is 34.9 Å². The van der Waals surface area contributed by atoms with Crippen molar-refractivity contribution in [2.24, 2.45) is 0 Å². The van der Waals surface area contributed by atoms with Crippen molar-refractivity contribution in [3.63, 3.8) is 0 Å². The van der Waals surface area contributed by atoms with Gasteiger partial charge in [0.05, 0.1) is 18.3 Å². The largest absolute Gasteiger partial charge is 0.507 e. The second-order valence-electron chi connectivity index (χ2n) is 6.81. The van der Waals surface area contributed by atoms with Crippen molar-refractivity contribution in [2.75, 3.05) is 24.6 Å². The Morgan fingerprint density at radius 1 is 1.21 bits per heavy atom. The van der Waals surface area contributed by atoms with Gasteiger partial charge in [0.15, 0.2) is 11.6 Å². The number of aryl methyl sites for hydroxylation is 2. The number of anilines is 1. The summed E-state index contributed by atoms with van der Waals surface area (Å²) in [6.45, 7) is 5.91. The molecule has 1 atom stereocenters. The van der Waals surface area contributed by atoms with Crippen LogP contribution in [-0.4, -0.2) is 51.0 Å². The van der Waals surface area contributed by atoms with Gasteiger partial charge in [0.1, 0.15) is 11.6 Å². The van der Waals surface area contributed by atoms with Crippen LogP contribution in [0, 0.1) is 6.92 Å². The van der Waals surface area contributed by atoms with Crippen molar-refractivity contribution in [1.29, 1.82) is 0 Å². The van der Waals surface area contributed by atoms with Gasteiger partial charge in [-0.3, -0.25) is 0 Å². The van der Waals surface area contributed by atoms with Gasteiger partial charge in [-0.2, -0.15) is 4.98 Å². The van der Waals surface area contributed by atoms with Crippen LogP contribution in [0.25, 0.3) is 11.4 Å². The summed E-state index contributed by atoms with van der Waals surface area (Å²) in [6.07, 6.45) is 1.27. The van der Waals surface area contributed by atoms with E-state index in [1.165, 1.54) is 0 Å². The molecule has 0 unspecified atom stereocenters. The van der Waals surface area contributed by atoms with Gasteiger partial charge in [-0.1, -0.05) is 24.2 Å². The lowest BCUT2D eigenvalue weighted by Crippen LogP contribution is -2.44. The smallest absolute Gasteiger partial charge is 0.226 e. The molecule has 3 aromatic rings. The van der Waals surface area contributed by atoms with Gasteiger partial charge in [0, 0.05) is 37.7 Å². The van der Waals surface area contributed by atoms with Gasteiger partial charge in [-0.05, 0) is 19.1 Å². The third-order valence-electron chi connectivity index (χ3n) is 4.67. The van der Waals surface area contributed by atoms with E-state index in [2.05, 4.69) is 20.0 Å². The Morgan fingerprint density at radius 3 is 2.86 bits per heavy atom. The Hall–Kier alpha value is -3.00. The van der Waals surface area contributed by atoms with Crippen LogP contribution in [-0.2, 0) is 17.6 Å². The standard InChI is InChI=1S/C20H23N5O3/c1-3-19-22-17(24-28-19)11-14-12-25(8-9-27-14)18-10-13(2)21-20(23-18)15-6-4-5-7-16(15)26/h4-7,10,14,26H,3,8-9,11-12H2,1-2H3/t14-/m1/s1. The number of morpholine rings is 1. The fourth-order valence-electron chi connectivity index (χ4n) is 3.27. The summed E-state index contributed by atoms with van der Waals surface area (Å²) in [7, 11) is 0. The van der Waals surface area contributed by atoms with E-state index in [0.717, 1.165) is 24.5 Å². The summed E-state index contributed by atoms with van der Waals surface area (Å²) in [5, 5.41) is 14.2. The van der Waals surface area contributed by atoms with Crippen molar-refractivity contribution < 1.29 is 14.4 Å². The summed E-state index contributed by atoms with van der Waals surface area (Å²) in [5.74, 6) is 2.81. The number of aromatic hydroxyl groups is 1. The number of ether oxygens (including phenoxy) is 1. The van der Waals surface area contributed by atoms with Crippen molar-refractivity contribution >= 4 is 5.82 Å². The molecule has 1 N–H and O–H groups in total. The average molecular weight is 381 g/mol. The van der Waals surface area contributed by atoms with E-state index in [-0.39, 0.29) is 11.9 Å². The molecule has 3 heterocycles. The highest BCUT2D eigenvalue weighted by Gasteiger charge is 2.24. The summed E-state index contributed by atoms with van der Waals surface area (Å²) in [4.78, 5) is 15.7. The minimum Gasteiger partial charge on any atom is -0.507 e. The average Bonchev–Trinajstić information content (AvgIpc) is 3.15. The van der Waals surface area contributed by atoms with Crippen LogP contribution >= 0.6 is 0 Å². The first-order chi connectivity index (χ1) is 13.6. The Bertz CT molecular complexity index is 959. The molecule has 1 aliphatic rings. The fourth-order valence-corrected chi connectivity index (χ4v) is 3.27. The van der Waals surface area contributed by atoms with E-state index in [0.29, 0.717) is 42.7 Å². The molecule has 8 heteroatoms. The van der Waals surface area contributed by atoms with Gasteiger partial charge in [0.25, 0.3) is 0 Å². The van der Waals surface area contributed by atoms with Crippen LogP contribution in [0.5, 0.6) is 5.75 Å². The Balaban J connectivity index is 1.54. The van der Waals surface area contributed by atoms with Gasteiger partial charge in [-0.15, -0.1) is 0 Å². The van der Waals surface area contributed by atoms with Crippen LogP contribution in [0.3, 0.4) is 0 Å². The number of rotatable bonds is 5. The molecule has 1 saturated heterocycles. The first kappa shape index (κ1) is 18.4. The molecular weight excluding hydrogens is 358 g/mol. The second kappa shape index (κ2) is 7.93. The lowest BCUT2D eigenvalue weighted by molar-refractivity contribution is 0.0392. The fraction of sp³-hybridized carbons (Fsp3) is 0.400. The van der Waals surface area contributed by atoms with Gasteiger partial charge in [-0.25, -0.2) is 9.97 Å². The predicted octanol–water partition coefficient (Wildman–Crippen LogP) is 2.55. The molecular formula is C20H23N5O3. The van der Waals surface area contributed by atoms with Crippen molar-refractivity contribution in [3.05, 3.63) is 47.7 Å². The van der Waals surface area contributed by atoms with E-state index >= 15 is 0 Å². The monoisotopic (exact) mass is 381 g/mol. The second-order valence-corrected chi connectivity index (χ2v) is 6.81. The lowest BCUT2D eigenvalue weighted by Gasteiger charge is -2.33. The van der Waals surface area contributed by atoms with Crippen LogP contribution in [0.4, 0.5) is 5.82 Å². The number of nitrogens with zero attached hydrogens (tertiary/aromatic N) is 5. The zero-order valence-corrected chi connectivity index (χ0v) is 16.0. The Labute approximate surface area is 163 Å². The highest BCUT2D eigenvalue weighted by Crippen LogP contribution is 2.28. The number of benzene rings is 1. The molecule has 2 aromatic heterocycles. The summed E-state index contributed by atoms with van der Waals surface area (Å²) in [5.41, 5.74) is 1.47. The third-order valence-corrected chi connectivity index (χ3v) is 4.67. The number of para-hydroxylation sites is 1. The first-order valence-electron chi connectivity index (χ1n) is 9.44. The highest BCUT2D eigenvalue weighted by molar-refractivity contribution is 5.65.